The van der Waals surface area contributed by atoms with Crippen LogP contribution in [-0.2, 0) is 6.42 Å². The molecule has 0 unspecified atom stereocenters. The van der Waals surface area contributed by atoms with E-state index in [1.807, 2.05) is 12.1 Å². The molecule has 1 N–H and O–H groups in total. The zero-order valence-electron chi connectivity index (χ0n) is 9.13. The van der Waals surface area contributed by atoms with Crippen LogP contribution in [0.3, 0.4) is 0 Å². The Morgan fingerprint density at radius 3 is 2.44 bits per heavy atom. The predicted molar refractivity (Wildman–Crippen MR) is 68.1 cm³/mol. The van der Waals surface area contributed by atoms with E-state index in [4.69, 9.17) is 23.2 Å². The maximum Gasteiger partial charge on any atom is 0.0540 e. The highest BCUT2D eigenvalue weighted by atomic mass is 35.5. The van der Waals surface area contributed by atoms with Crippen LogP contribution in [0.2, 0.25) is 10.0 Å². The number of aliphatic hydroxyl groups is 1. The number of halogens is 2. The quantitative estimate of drug-likeness (QED) is 0.848. The molecule has 1 aliphatic rings. The van der Waals surface area contributed by atoms with E-state index in [0.717, 1.165) is 37.1 Å². The molecular weight excluding hydrogens is 243 g/mol. The lowest BCUT2D eigenvalue weighted by Crippen LogP contribution is -2.19. The minimum Gasteiger partial charge on any atom is -0.393 e. The highest BCUT2D eigenvalue weighted by Gasteiger charge is 2.20. The Hall–Kier alpha value is -0.240. The fraction of sp³-hybridized carbons (Fsp3) is 0.538. The maximum atomic E-state index is 9.44. The van der Waals surface area contributed by atoms with E-state index in [-0.39, 0.29) is 6.10 Å². The van der Waals surface area contributed by atoms with Gasteiger partial charge in [0.05, 0.1) is 6.10 Å². The summed E-state index contributed by atoms with van der Waals surface area (Å²) in [5.41, 5.74) is 1.17. The smallest absolute Gasteiger partial charge is 0.0540 e. The Kier molecular flexibility index (Phi) is 4.12. The van der Waals surface area contributed by atoms with Gasteiger partial charge in [-0.15, -0.1) is 0 Å². The van der Waals surface area contributed by atoms with Gasteiger partial charge in [0, 0.05) is 10.0 Å². The van der Waals surface area contributed by atoms with E-state index in [1.54, 1.807) is 6.07 Å². The average Bonchev–Trinajstić information content (AvgIpc) is 2.25. The lowest BCUT2D eigenvalue weighted by molar-refractivity contribution is 0.109. The van der Waals surface area contributed by atoms with Crippen LogP contribution in [0.15, 0.2) is 18.2 Å². The monoisotopic (exact) mass is 258 g/mol. The van der Waals surface area contributed by atoms with Crippen LogP contribution in [0.1, 0.15) is 31.2 Å². The topological polar surface area (TPSA) is 20.2 Å². The molecule has 0 spiro atoms. The van der Waals surface area contributed by atoms with Crippen LogP contribution in [-0.4, -0.2) is 11.2 Å². The van der Waals surface area contributed by atoms with Crippen molar-refractivity contribution in [1.82, 2.24) is 0 Å². The molecular formula is C13H16Cl2O. The van der Waals surface area contributed by atoms with Crippen molar-refractivity contribution in [3.8, 4) is 0 Å². The van der Waals surface area contributed by atoms with Gasteiger partial charge in [-0.3, -0.25) is 0 Å². The molecule has 1 aromatic rings. The highest BCUT2D eigenvalue weighted by Crippen LogP contribution is 2.30. The molecule has 0 aliphatic heterocycles. The third-order valence-corrected chi connectivity index (χ3v) is 3.93. The van der Waals surface area contributed by atoms with Crippen molar-refractivity contribution in [3.05, 3.63) is 33.8 Å². The molecule has 1 fully saturated rings. The van der Waals surface area contributed by atoms with Crippen LogP contribution < -0.4 is 0 Å². The molecule has 1 aliphatic carbocycles. The molecule has 1 aromatic carbocycles. The summed E-state index contributed by atoms with van der Waals surface area (Å²) in [5, 5.41) is 10.9. The molecule has 0 radical (unpaired) electrons. The summed E-state index contributed by atoms with van der Waals surface area (Å²) in [5.74, 6) is 0.655. The zero-order chi connectivity index (χ0) is 11.5. The van der Waals surface area contributed by atoms with Gasteiger partial charge in [-0.2, -0.15) is 0 Å². The van der Waals surface area contributed by atoms with Gasteiger partial charge in [0.2, 0.25) is 0 Å². The number of rotatable bonds is 2. The predicted octanol–water partition coefficient (Wildman–Crippen LogP) is 4.09. The van der Waals surface area contributed by atoms with Crippen molar-refractivity contribution in [3.63, 3.8) is 0 Å². The van der Waals surface area contributed by atoms with Crippen LogP contribution in [0.25, 0.3) is 0 Å². The van der Waals surface area contributed by atoms with E-state index in [1.165, 1.54) is 5.56 Å². The van der Waals surface area contributed by atoms with E-state index < -0.39 is 0 Å². The van der Waals surface area contributed by atoms with Gasteiger partial charge in [-0.1, -0.05) is 29.3 Å². The lowest BCUT2D eigenvalue weighted by Gasteiger charge is -2.25. The SMILES string of the molecule is OC1CCC(Cc2ccc(Cl)cc2Cl)CC1. The molecule has 0 bridgehead atoms. The second kappa shape index (κ2) is 5.39. The first kappa shape index (κ1) is 12.2. The van der Waals surface area contributed by atoms with Gasteiger partial charge in [0.1, 0.15) is 0 Å². The van der Waals surface area contributed by atoms with Gasteiger partial charge in [0.15, 0.2) is 0 Å². The van der Waals surface area contributed by atoms with Gasteiger partial charge in [-0.05, 0) is 55.7 Å². The summed E-state index contributed by atoms with van der Waals surface area (Å²) in [7, 11) is 0. The zero-order valence-corrected chi connectivity index (χ0v) is 10.6. The number of hydrogen-bond donors (Lipinski definition) is 1. The Morgan fingerprint density at radius 1 is 1.12 bits per heavy atom. The standard InChI is InChI=1S/C13H16Cl2O/c14-11-4-3-10(13(15)8-11)7-9-1-5-12(16)6-2-9/h3-4,8-9,12,16H,1-2,5-7H2. The third kappa shape index (κ3) is 3.13. The molecule has 0 saturated heterocycles. The van der Waals surface area contributed by atoms with Crippen LogP contribution in [0.5, 0.6) is 0 Å². The molecule has 0 atom stereocenters. The summed E-state index contributed by atoms with van der Waals surface area (Å²) in [6.45, 7) is 0. The molecule has 0 aromatic heterocycles. The minimum atomic E-state index is -0.0862. The van der Waals surface area contributed by atoms with Crippen LogP contribution >= 0.6 is 23.2 Å². The fourth-order valence-electron chi connectivity index (χ4n) is 2.35. The molecule has 0 heterocycles. The Bertz CT molecular complexity index is 357. The molecule has 1 saturated carbocycles. The van der Waals surface area contributed by atoms with Gasteiger partial charge >= 0.3 is 0 Å². The average molecular weight is 259 g/mol. The Morgan fingerprint density at radius 2 is 1.81 bits per heavy atom. The van der Waals surface area contributed by atoms with Crippen LogP contribution in [0.4, 0.5) is 0 Å². The van der Waals surface area contributed by atoms with Crippen molar-refractivity contribution in [2.45, 2.75) is 38.2 Å². The summed E-state index contributed by atoms with van der Waals surface area (Å²) in [4.78, 5) is 0. The molecule has 88 valence electrons. The second-order valence-electron chi connectivity index (χ2n) is 4.61. The molecule has 3 heteroatoms. The first-order valence-corrected chi connectivity index (χ1v) is 6.52. The summed E-state index contributed by atoms with van der Waals surface area (Å²) in [6, 6.07) is 5.70. The van der Waals surface area contributed by atoms with Gasteiger partial charge in [0.25, 0.3) is 0 Å². The first-order chi connectivity index (χ1) is 7.65. The van der Waals surface area contributed by atoms with Crippen molar-refractivity contribution < 1.29 is 5.11 Å². The minimum absolute atomic E-state index is 0.0862. The Balaban J connectivity index is 1.98. The van der Waals surface area contributed by atoms with Gasteiger partial charge in [-0.25, -0.2) is 0 Å². The second-order valence-corrected chi connectivity index (χ2v) is 5.46. The van der Waals surface area contributed by atoms with Crippen molar-refractivity contribution in [2.75, 3.05) is 0 Å². The summed E-state index contributed by atoms with van der Waals surface area (Å²) < 4.78 is 0. The molecule has 1 nitrogen and oxygen atoms in total. The van der Waals surface area contributed by atoms with E-state index in [2.05, 4.69) is 0 Å². The third-order valence-electron chi connectivity index (χ3n) is 3.34. The lowest BCUT2D eigenvalue weighted by atomic mass is 9.83. The normalized spacial score (nSPS) is 25.7. The van der Waals surface area contributed by atoms with Crippen molar-refractivity contribution in [2.24, 2.45) is 5.92 Å². The summed E-state index contributed by atoms with van der Waals surface area (Å²) >= 11 is 12.0. The molecule has 2 rings (SSSR count). The van der Waals surface area contributed by atoms with Gasteiger partial charge < -0.3 is 5.11 Å². The van der Waals surface area contributed by atoms with Crippen molar-refractivity contribution in [1.29, 1.82) is 0 Å². The highest BCUT2D eigenvalue weighted by molar-refractivity contribution is 6.35. The number of aliphatic hydroxyl groups excluding tert-OH is 1. The largest absolute Gasteiger partial charge is 0.393 e. The summed E-state index contributed by atoms with van der Waals surface area (Å²) in [6.07, 6.45) is 4.96. The Labute approximate surface area is 106 Å². The maximum absolute atomic E-state index is 9.44. The van der Waals surface area contributed by atoms with E-state index in [9.17, 15) is 5.11 Å². The van der Waals surface area contributed by atoms with Crippen LogP contribution in [0, 0.1) is 5.92 Å². The number of hydrogen-bond acceptors (Lipinski definition) is 1. The number of benzene rings is 1. The molecule has 16 heavy (non-hydrogen) atoms. The van der Waals surface area contributed by atoms with E-state index >= 15 is 0 Å². The fourth-order valence-corrected chi connectivity index (χ4v) is 2.83. The van der Waals surface area contributed by atoms with E-state index in [0.29, 0.717) is 10.9 Å². The first-order valence-electron chi connectivity index (χ1n) is 5.77. The van der Waals surface area contributed by atoms with Crippen molar-refractivity contribution >= 4 is 23.2 Å². The molecule has 0 amide bonds.